The van der Waals surface area contributed by atoms with Crippen LogP contribution in [-0.2, 0) is 4.79 Å². The van der Waals surface area contributed by atoms with Crippen LogP contribution in [0, 0.1) is 3.57 Å². The van der Waals surface area contributed by atoms with Crippen LogP contribution in [0.2, 0.25) is 0 Å². The normalized spacial score (nSPS) is 10.5. The van der Waals surface area contributed by atoms with Crippen molar-refractivity contribution in [3.63, 3.8) is 0 Å². The van der Waals surface area contributed by atoms with E-state index in [1.165, 1.54) is 6.92 Å². The van der Waals surface area contributed by atoms with Crippen LogP contribution in [0.25, 0.3) is 10.9 Å². The summed E-state index contributed by atoms with van der Waals surface area (Å²) in [5.41, 5.74) is 1.47. The van der Waals surface area contributed by atoms with E-state index in [0.29, 0.717) is 22.9 Å². The Morgan fingerprint density at radius 2 is 1.92 bits per heavy atom. The Balaban J connectivity index is 2.01. The van der Waals surface area contributed by atoms with Gasteiger partial charge >= 0.3 is 0 Å². The number of fused-ring (bicyclic) bond motifs is 1. The van der Waals surface area contributed by atoms with Gasteiger partial charge in [0.05, 0.1) is 12.6 Å². The lowest BCUT2D eigenvalue weighted by atomic mass is 10.2. The topological polar surface area (TPSA) is 60.5 Å². The van der Waals surface area contributed by atoms with Crippen molar-refractivity contribution in [1.82, 2.24) is 4.98 Å². The lowest BCUT2D eigenvalue weighted by molar-refractivity contribution is -0.114. The Morgan fingerprint density at radius 3 is 2.67 bits per heavy atom. The second-order valence-electron chi connectivity index (χ2n) is 5.15. The van der Waals surface area contributed by atoms with E-state index in [-0.39, 0.29) is 5.91 Å². The van der Waals surface area contributed by atoms with Gasteiger partial charge < -0.3 is 14.8 Å². The molecule has 5 nitrogen and oxygen atoms in total. The van der Waals surface area contributed by atoms with Gasteiger partial charge in [-0.1, -0.05) is 0 Å². The summed E-state index contributed by atoms with van der Waals surface area (Å²) in [6.07, 6.45) is 1.71. The summed E-state index contributed by atoms with van der Waals surface area (Å²) in [6.45, 7) is 1.46. The van der Waals surface area contributed by atoms with Gasteiger partial charge in [-0.2, -0.15) is 0 Å². The zero-order valence-electron chi connectivity index (χ0n) is 13.2. The minimum Gasteiger partial charge on any atom is -0.497 e. The molecular weight excluding hydrogens is 419 g/mol. The molecule has 0 unspecified atom stereocenters. The molecule has 3 aromatic rings. The Kier molecular flexibility index (Phi) is 4.84. The minimum atomic E-state index is -0.155. The van der Waals surface area contributed by atoms with Gasteiger partial charge in [0.25, 0.3) is 0 Å². The quantitative estimate of drug-likeness (QED) is 0.610. The number of carbonyl (C=O) groups is 1. The first-order valence-electron chi connectivity index (χ1n) is 7.24. The molecule has 0 radical (unpaired) electrons. The van der Waals surface area contributed by atoms with E-state index in [1.807, 2.05) is 24.3 Å². The lowest BCUT2D eigenvalue weighted by Crippen LogP contribution is -2.06. The number of rotatable bonds is 4. The number of hydrogen-bond acceptors (Lipinski definition) is 4. The molecule has 24 heavy (non-hydrogen) atoms. The van der Waals surface area contributed by atoms with E-state index < -0.39 is 0 Å². The molecule has 1 N–H and O–H groups in total. The van der Waals surface area contributed by atoms with Crippen molar-refractivity contribution >= 4 is 45.1 Å². The first kappa shape index (κ1) is 16.5. The maximum atomic E-state index is 11.3. The van der Waals surface area contributed by atoms with Crippen LogP contribution < -0.4 is 14.8 Å². The molecule has 0 saturated heterocycles. The summed E-state index contributed by atoms with van der Waals surface area (Å²) in [7, 11) is 1.57. The van der Waals surface area contributed by atoms with Crippen LogP contribution in [0.5, 0.6) is 17.2 Å². The van der Waals surface area contributed by atoms with E-state index in [1.54, 1.807) is 31.5 Å². The zero-order chi connectivity index (χ0) is 17.1. The van der Waals surface area contributed by atoms with Crippen molar-refractivity contribution in [2.75, 3.05) is 12.4 Å². The van der Waals surface area contributed by atoms with Crippen LogP contribution >= 0.6 is 22.6 Å². The smallest absolute Gasteiger partial charge is 0.221 e. The maximum absolute atomic E-state index is 11.3. The van der Waals surface area contributed by atoms with E-state index in [4.69, 9.17) is 9.47 Å². The number of pyridine rings is 1. The Morgan fingerprint density at radius 1 is 1.12 bits per heavy atom. The van der Waals surface area contributed by atoms with Crippen molar-refractivity contribution < 1.29 is 14.3 Å². The van der Waals surface area contributed by atoms with E-state index in [0.717, 1.165) is 14.5 Å². The van der Waals surface area contributed by atoms with Crippen molar-refractivity contribution in [2.24, 2.45) is 0 Å². The maximum Gasteiger partial charge on any atom is 0.221 e. The second-order valence-corrected chi connectivity index (χ2v) is 6.40. The third-order valence-electron chi connectivity index (χ3n) is 3.33. The number of hydrogen-bond donors (Lipinski definition) is 1. The number of carbonyl (C=O) groups excluding carboxylic acids is 1. The number of benzene rings is 2. The standard InChI is InChI=1S/C18H15IN2O3/c1-11(22)21-13-8-14(23-2)10-15(9-13)24-18-5-6-20-17-4-3-12(19)7-16(17)18/h3-10H,1-2H3,(H,21,22). The molecule has 1 aromatic heterocycles. The first-order chi connectivity index (χ1) is 11.5. The Labute approximate surface area is 153 Å². The van der Waals surface area contributed by atoms with Gasteiger partial charge in [-0.3, -0.25) is 9.78 Å². The number of nitrogens with zero attached hydrogens (tertiary/aromatic N) is 1. The highest BCUT2D eigenvalue weighted by Crippen LogP contribution is 2.33. The average Bonchev–Trinajstić information content (AvgIpc) is 2.54. The van der Waals surface area contributed by atoms with Crippen molar-refractivity contribution in [3.05, 3.63) is 52.2 Å². The van der Waals surface area contributed by atoms with Crippen molar-refractivity contribution in [1.29, 1.82) is 0 Å². The molecule has 6 heteroatoms. The van der Waals surface area contributed by atoms with Gasteiger partial charge in [0, 0.05) is 46.0 Å². The number of nitrogens with one attached hydrogen (secondary N) is 1. The molecule has 1 heterocycles. The largest absolute Gasteiger partial charge is 0.497 e. The van der Waals surface area contributed by atoms with Gasteiger partial charge in [-0.25, -0.2) is 0 Å². The highest BCUT2D eigenvalue weighted by Gasteiger charge is 2.08. The van der Waals surface area contributed by atoms with Crippen molar-refractivity contribution in [2.45, 2.75) is 6.92 Å². The number of halogens is 1. The van der Waals surface area contributed by atoms with Crippen LogP contribution in [0.3, 0.4) is 0 Å². The summed E-state index contributed by atoms with van der Waals surface area (Å²) in [5, 5.41) is 3.66. The van der Waals surface area contributed by atoms with E-state index in [9.17, 15) is 4.79 Å². The summed E-state index contributed by atoms with van der Waals surface area (Å²) < 4.78 is 12.4. The number of ether oxygens (including phenoxy) is 2. The minimum absolute atomic E-state index is 0.155. The van der Waals surface area contributed by atoms with E-state index >= 15 is 0 Å². The average molecular weight is 434 g/mol. The summed E-state index contributed by atoms with van der Waals surface area (Å²) in [6, 6.07) is 13.1. The molecule has 0 aliphatic carbocycles. The summed E-state index contributed by atoms with van der Waals surface area (Å²) in [5.74, 6) is 1.72. The van der Waals surface area contributed by atoms with Gasteiger partial charge in [0.2, 0.25) is 5.91 Å². The monoisotopic (exact) mass is 434 g/mol. The number of methoxy groups -OCH3 is 1. The fourth-order valence-corrected chi connectivity index (χ4v) is 2.82. The van der Waals surface area contributed by atoms with Crippen LogP contribution in [0.1, 0.15) is 6.92 Å². The number of aromatic nitrogens is 1. The number of anilines is 1. The molecule has 122 valence electrons. The molecule has 0 bridgehead atoms. The van der Waals surface area contributed by atoms with Crippen LogP contribution in [0.4, 0.5) is 5.69 Å². The van der Waals surface area contributed by atoms with Crippen molar-refractivity contribution in [3.8, 4) is 17.2 Å². The van der Waals surface area contributed by atoms with Crippen LogP contribution in [0.15, 0.2) is 48.7 Å². The van der Waals surface area contributed by atoms with Gasteiger partial charge in [-0.05, 0) is 46.9 Å². The Hall–Kier alpha value is -2.35. The molecule has 0 spiro atoms. The molecule has 0 fully saturated rings. The molecule has 0 aliphatic heterocycles. The molecule has 1 amide bonds. The molecule has 2 aromatic carbocycles. The Bertz CT molecular complexity index is 912. The predicted octanol–water partition coefficient (Wildman–Crippen LogP) is 4.60. The number of amides is 1. The van der Waals surface area contributed by atoms with Gasteiger partial charge in [-0.15, -0.1) is 0 Å². The fourth-order valence-electron chi connectivity index (χ4n) is 2.33. The molecule has 0 aliphatic rings. The highest BCUT2D eigenvalue weighted by atomic mass is 127. The molecule has 0 atom stereocenters. The predicted molar refractivity (Wildman–Crippen MR) is 102 cm³/mol. The van der Waals surface area contributed by atoms with Crippen LogP contribution in [-0.4, -0.2) is 18.0 Å². The highest BCUT2D eigenvalue weighted by molar-refractivity contribution is 14.1. The summed E-state index contributed by atoms with van der Waals surface area (Å²) >= 11 is 2.25. The lowest BCUT2D eigenvalue weighted by Gasteiger charge is -2.12. The zero-order valence-corrected chi connectivity index (χ0v) is 15.3. The van der Waals surface area contributed by atoms with E-state index in [2.05, 4.69) is 32.9 Å². The summed E-state index contributed by atoms with van der Waals surface area (Å²) in [4.78, 5) is 15.6. The second kappa shape index (κ2) is 7.04. The fraction of sp³-hybridized carbons (Fsp3) is 0.111. The first-order valence-corrected chi connectivity index (χ1v) is 8.32. The molecular formula is C18H15IN2O3. The van der Waals surface area contributed by atoms with Gasteiger partial charge in [0.15, 0.2) is 0 Å². The third-order valence-corrected chi connectivity index (χ3v) is 4.00. The third kappa shape index (κ3) is 3.76. The van der Waals surface area contributed by atoms with Gasteiger partial charge in [0.1, 0.15) is 17.2 Å². The SMILES string of the molecule is COc1cc(NC(C)=O)cc(Oc2ccnc3ccc(I)cc23)c1. The molecule has 3 rings (SSSR count). The molecule has 0 saturated carbocycles.